The lowest BCUT2D eigenvalue weighted by molar-refractivity contribution is -0.149. The highest BCUT2D eigenvalue weighted by molar-refractivity contribution is 5.78. The van der Waals surface area contributed by atoms with Gasteiger partial charge in [0.2, 0.25) is 0 Å². The largest absolute Gasteiger partial charge is 0.493 e. The fourth-order valence-corrected chi connectivity index (χ4v) is 2.62. The molecule has 1 aliphatic rings. The van der Waals surface area contributed by atoms with Gasteiger partial charge in [0.25, 0.3) is 5.91 Å². The molecule has 0 spiro atoms. The normalized spacial score (nSPS) is 14.6. The van der Waals surface area contributed by atoms with Crippen LogP contribution in [0.3, 0.4) is 0 Å². The van der Waals surface area contributed by atoms with Crippen LogP contribution >= 0.6 is 0 Å². The maximum Gasteiger partial charge on any atom is 0.308 e. The molecular weight excluding hydrogens is 312 g/mol. The van der Waals surface area contributed by atoms with E-state index in [4.69, 9.17) is 19.5 Å². The van der Waals surface area contributed by atoms with Crippen LogP contribution in [0.15, 0.2) is 18.2 Å². The van der Waals surface area contributed by atoms with Gasteiger partial charge in [-0.15, -0.1) is 0 Å². The third kappa shape index (κ3) is 4.16. The number of amides is 1. The van der Waals surface area contributed by atoms with E-state index in [0.717, 1.165) is 0 Å². The van der Waals surface area contributed by atoms with E-state index in [-0.39, 0.29) is 24.4 Å². The highest BCUT2D eigenvalue weighted by Crippen LogP contribution is 2.28. The highest BCUT2D eigenvalue weighted by Gasteiger charge is 2.28. The van der Waals surface area contributed by atoms with E-state index in [1.54, 1.807) is 23.1 Å². The minimum absolute atomic E-state index is 0.120. The van der Waals surface area contributed by atoms with E-state index in [2.05, 4.69) is 0 Å². The first-order valence-electron chi connectivity index (χ1n) is 7.65. The third-order valence-corrected chi connectivity index (χ3v) is 4.03. The Morgan fingerprint density at radius 3 is 2.54 bits per heavy atom. The summed E-state index contributed by atoms with van der Waals surface area (Å²) < 4.78 is 15.4. The fourth-order valence-electron chi connectivity index (χ4n) is 2.62. The summed E-state index contributed by atoms with van der Waals surface area (Å²) in [5, 5.41) is 8.87. The average Bonchev–Trinajstić information content (AvgIpc) is 2.65. The van der Waals surface area contributed by atoms with Crippen molar-refractivity contribution >= 4 is 11.9 Å². The van der Waals surface area contributed by atoms with Crippen LogP contribution in [0, 0.1) is 17.2 Å². The number of benzene rings is 1. The number of carbonyl (C=O) groups is 2. The number of nitriles is 1. The van der Waals surface area contributed by atoms with E-state index >= 15 is 0 Å². The summed E-state index contributed by atoms with van der Waals surface area (Å²) in [6.07, 6.45) is 1.19. The van der Waals surface area contributed by atoms with Gasteiger partial charge >= 0.3 is 5.97 Å². The smallest absolute Gasteiger partial charge is 0.308 e. The van der Waals surface area contributed by atoms with Gasteiger partial charge in [-0.25, -0.2) is 0 Å². The molecule has 0 unspecified atom stereocenters. The summed E-state index contributed by atoms with van der Waals surface area (Å²) >= 11 is 0. The third-order valence-electron chi connectivity index (χ3n) is 4.03. The first kappa shape index (κ1) is 17.6. The van der Waals surface area contributed by atoms with Crippen LogP contribution in [0.5, 0.6) is 11.5 Å². The van der Waals surface area contributed by atoms with E-state index < -0.39 is 0 Å². The predicted molar refractivity (Wildman–Crippen MR) is 84.5 cm³/mol. The van der Waals surface area contributed by atoms with Gasteiger partial charge in [-0.3, -0.25) is 9.59 Å². The van der Waals surface area contributed by atoms with E-state index in [0.29, 0.717) is 43.0 Å². The molecule has 1 heterocycles. The number of likely N-dealkylation sites (tertiary alicyclic amines) is 1. The Balaban J connectivity index is 1.88. The predicted octanol–water partition coefficient (Wildman–Crippen LogP) is 1.36. The maximum absolute atomic E-state index is 12.2. The molecule has 1 saturated heterocycles. The van der Waals surface area contributed by atoms with Gasteiger partial charge in [-0.05, 0) is 25.0 Å². The monoisotopic (exact) mass is 332 g/mol. The summed E-state index contributed by atoms with van der Waals surface area (Å²) in [4.78, 5) is 25.4. The molecule has 128 valence electrons. The SMILES string of the molecule is COC(=O)C1CCN(C(=O)COc2ccc(C#N)cc2OC)CC1. The first-order valence-corrected chi connectivity index (χ1v) is 7.65. The fraction of sp³-hybridized carbons (Fsp3) is 0.471. The van der Waals surface area contributed by atoms with Crippen molar-refractivity contribution in [3.05, 3.63) is 23.8 Å². The van der Waals surface area contributed by atoms with Crippen LogP contribution in [-0.4, -0.2) is 50.7 Å². The van der Waals surface area contributed by atoms with Crippen LogP contribution in [0.25, 0.3) is 0 Å². The van der Waals surface area contributed by atoms with Gasteiger partial charge in [0.1, 0.15) is 0 Å². The first-order chi connectivity index (χ1) is 11.6. The molecule has 0 atom stereocenters. The molecule has 1 fully saturated rings. The molecule has 7 nitrogen and oxygen atoms in total. The number of hydrogen-bond acceptors (Lipinski definition) is 6. The average molecular weight is 332 g/mol. The van der Waals surface area contributed by atoms with Crippen molar-refractivity contribution in [2.24, 2.45) is 5.92 Å². The molecule has 1 aromatic rings. The van der Waals surface area contributed by atoms with Crippen molar-refractivity contribution < 1.29 is 23.8 Å². The van der Waals surface area contributed by atoms with E-state index in [1.807, 2.05) is 6.07 Å². The number of rotatable bonds is 5. The van der Waals surface area contributed by atoms with Crippen LogP contribution < -0.4 is 9.47 Å². The summed E-state index contributed by atoms with van der Waals surface area (Å²) in [5.74, 6) is 0.310. The Kier molecular flexibility index (Phi) is 6.01. The van der Waals surface area contributed by atoms with Gasteiger partial charge in [-0.2, -0.15) is 5.26 Å². The van der Waals surface area contributed by atoms with Gasteiger partial charge in [0.05, 0.1) is 31.8 Å². The molecule has 0 radical (unpaired) electrons. The maximum atomic E-state index is 12.2. The lowest BCUT2D eigenvalue weighted by Crippen LogP contribution is -2.42. The van der Waals surface area contributed by atoms with Crippen molar-refractivity contribution in [2.45, 2.75) is 12.8 Å². The summed E-state index contributed by atoms with van der Waals surface area (Å²) in [5.41, 5.74) is 0.454. The summed E-state index contributed by atoms with van der Waals surface area (Å²) in [6, 6.07) is 6.78. The Labute approximate surface area is 140 Å². The molecule has 0 bridgehead atoms. The molecule has 0 N–H and O–H groups in total. The van der Waals surface area contributed by atoms with Crippen molar-refractivity contribution in [1.29, 1.82) is 5.26 Å². The molecular formula is C17H20N2O5. The number of ether oxygens (including phenoxy) is 3. The molecule has 1 aliphatic heterocycles. The second-order valence-corrected chi connectivity index (χ2v) is 5.44. The summed E-state index contributed by atoms with van der Waals surface area (Å²) in [7, 11) is 2.85. The van der Waals surface area contributed by atoms with Crippen molar-refractivity contribution in [3.63, 3.8) is 0 Å². The number of piperidine rings is 1. The molecule has 1 aromatic carbocycles. The minimum atomic E-state index is -0.222. The van der Waals surface area contributed by atoms with Crippen molar-refractivity contribution in [2.75, 3.05) is 33.9 Å². The number of hydrogen-bond donors (Lipinski definition) is 0. The zero-order valence-corrected chi connectivity index (χ0v) is 13.8. The summed E-state index contributed by atoms with van der Waals surface area (Å²) in [6.45, 7) is 0.893. The Morgan fingerprint density at radius 1 is 1.25 bits per heavy atom. The van der Waals surface area contributed by atoms with Crippen molar-refractivity contribution in [3.8, 4) is 17.6 Å². The lowest BCUT2D eigenvalue weighted by Gasteiger charge is -2.30. The lowest BCUT2D eigenvalue weighted by atomic mass is 9.97. The van der Waals surface area contributed by atoms with E-state index in [9.17, 15) is 9.59 Å². The Morgan fingerprint density at radius 2 is 1.96 bits per heavy atom. The molecule has 1 amide bonds. The Hall–Kier alpha value is -2.75. The quantitative estimate of drug-likeness (QED) is 0.756. The second-order valence-electron chi connectivity index (χ2n) is 5.44. The van der Waals surface area contributed by atoms with Crippen LogP contribution in [0.1, 0.15) is 18.4 Å². The number of esters is 1. The molecule has 7 heteroatoms. The number of methoxy groups -OCH3 is 2. The zero-order valence-electron chi connectivity index (χ0n) is 13.8. The number of carbonyl (C=O) groups excluding carboxylic acids is 2. The number of nitrogens with zero attached hydrogens (tertiary/aromatic N) is 2. The van der Waals surface area contributed by atoms with Gasteiger partial charge in [0, 0.05) is 19.2 Å². The van der Waals surface area contributed by atoms with Crippen LogP contribution in [-0.2, 0) is 14.3 Å². The Bertz CT molecular complexity index is 645. The topological polar surface area (TPSA) is 88.9 Å². The van der Waals surface area contributed by atoms with Crippen molar-refractivity contribution in [1.82, 2.24) is 4.90 Å². The second kappa shape index (κ2) is 8.20. The van der Waals surface area contributed by atoms with Crippen LogP contribution in [0.2, 0.25) is 0 Å². The van der Waals surface area contributed by atoms with Gasteiger partial charge in [-0.1, -0.05) is 0 Å². The zero-order chi connectivity index (χ0) is 17.5. The van der Waals surface area contributed by atoms with Gasteiger partial charge < -0.3 is 19.1 Å². The standard InChI is InChI=1S/C17H20N2O5/c1-22-15-9-12(10-18)3-4-14(15)24-11-16(20)19-7-5-13(6-8-19)17(21)23-2/h3-4,9,13H,5-8,11H2,1-2H3. The highest BCUT2D eigenvalue weighted by atomic mass is 16.5. The molecule has 0 aromatic heterocycles. The minimum Gasteiger partial charge on any atom is -0.493 e. The molecule has 0 aliphatic carbocycles. The van der Waals surface area contributed by atoms with E-state index in [1.165, 1.54) is 14.2 Å². The molecule has 24 heavy (non-hydrogen) atoms. The van der Waals surface area contributed by atoms with Gasteiger partial charge in [0.15, 0.2) is 18.1 Å². The molecule has 0 saturated carbocycles. The molecule has 2 rings (SSSR count). The van der Waals surface area contributed by atoms with Crippen LogP contribution in [0.4, 0.5) is 0 Å².